The van der Waals surface area contributed by atoms with Crippen LogP contribution in [0.4, 0.5) is 0 Å². The summed E-state index contributed by atoms with van der Waals surface area (Å²) >= 11 is 0. The molecule has 0 unspecified atom stereocenters. The molecule has 0 N–H and O–H groups in total. The first-order chi connectivity index (χ1) is 17.0. The van der Waals surface area contributed by atoms with Gasteiger partial charge >= 0.3 is 0 Å². The van der Waals surface area contributed by atoms with Gasteiger partial charge in [-0.3, -0.25) is 9.59 Å². The van der Waals surface area contributed by atoms with Gasteiger partial charge in [-0.2, -0.15) is 0 Å². The van der Waals surface area contributed by atoms with Gasteiger partial charge in [-0.05, 0) is 29.7 Å². The number of carbonyl (C=O) groups excluding carboxylic acids is 2. The van der Waals surface area contributed by atoms with E-state index in [4.69, 9.17) is 4.74 Å². The number of rotatable bonds is 7. The van der Waals surface area contributed by atoms with Gasteiger partial charge in [0, 0.05) is 32.0 Å². The molecule has 0 radical (unpaired) electrons. The van der Waals surface area contributed by atoms with Crippen LogP contribution in [-0.4, -0.2) is 33.9 Å². The summed E-state index contributed by atoms with van der Waals surface area (Å²) in [7, 11) is 0. The molecular formula is C30H30N2O3. The Hall–Kier alpha value is -3.86. The van der Waals surface area contributed by atoms with E-state index in [0.717, 1.165) is 22.4 Å². The molecule has 35 heavy (non-hydrogen) atoms. The third-order valence-electron chi connectivity index (χ3n) is 7.07. The van der Waals surface area contributed by atoms with Crippen molar-refractivity contribution in [3.05, 3.63) is 114 Å². The van der Waals surface area contributed by atoms with Gasteiger partial charge in [0.25, 0.3) is 0 Å². The van der Waals surface area contributed by atoms with Crippen molar-refractivity contribution < 1.29 is 14.3 Å². The number of nitrogens with zero attached hydrogens (tertiary/aromatic N) is 2. The van der Waals surface area contributed by atoms with Crippen molar-refractivity contribution in [3.63, 3.8) is 0 Å². The van der Waals surface area contributed by atoms with E-state index in [1.807, 2.05) is 96.8 Å². The minimum Gasteiger partial charge on any atom is -0.468 e. The number of para-hydroxylation sites is 1. The van der Waals surface area contributed by atoms with Crippen molar-refractivity contribution in [1.29, 1.82) is 0 Å². The Morgan fingerprint density at radius 3 is 2.17 bits per heavy atom. The molecule has 2 bridgehead atoms. The predicted molar refractivity (Wildman–Crippen MR) is 135 cm³/mol. The van der Waals surface area contributed by atoms with E-state index < -0.39 is 11.6 Å². The van der Waals surface area contributed by atoms with Crippen molar-refractivity contribution in [2.75, 3.05) is 6.54 Å². The molecule has 3 aromatic rings. The second-order valence-electron chi connectivity index (χ2n) is 9.51. The Balaban J connectivity index is 1.55. The molecule has 3 atom stereocenters. The van der Waals surface area contributed by atoms with E-state index in [-0.39, 0.29) is 17.7 Å². The first kappa shape index (κ1) is 22.9. The number of piperidine rings is 1. The van der Waals surface area contributed by atoms with Crippen LogP contribution in [0.1, 0.15) is 36.0 Å². The van der Waals surface area contributed by atoms with Gasteiger partial charge in [0.05, 0.1) is 0 Å². The Labute approximate surface area is 206 Å². The van der Waals surface area contributed by atoms with E-state index in [1.165, 1.54) is 0 Å². The lowest BCUT2D eigenvalue weighted by Crippen LogP contribution is -2.64. The van der Waals surface area contributed by atoms with Gasteiger partial charge < -0.3 is 14.5 Å². The molecule has 1 fully saturated rings. The van der Waals surface area contributed by atoms with E-state index in [1.54, 1.807) is 11.0 Å². The van der Waals surface area contributed by atoms with E-state index >= 15 is 0 Å². The molecule has 2 aliphatic rings. The summed E-state index contributed by atoms with van der Waals surface area (Å²) in [5, 5.41) is 0. The Morgan fingerprint density at radius 2 is 1.57 bits per heavy atom. The molecular weight excluding hydrogens is 436 g/mol. The third-order valence-corrected chi connectivity index (χ3v) is 7.07. The van der Waals surface area contributed by atoms with E-state index in [9.17, 15) is 9.59 Å². The molecule has 178 valence electrons. The predicted octanol–water partition coefficient (Wildman–Crippen LogP) is 5.14. The molecule has 1 saturated heterocycles. The van der Waals surface area contributed by atoms with Gasteiger partial charge in [-0.15, -0.1) is 6.58 Å². The molecule has 0 saturated carbocycles. The largest absolute Gasteiger partial charge is 0.468 e. The second kappa shape index (κ2) is 9.41. The number of amides is 2. The maximum Gasteiger partial charge on any atom is 0.239 e. The lowest BCUT2D eigenvalue weighted by molar-refractivity contribution is -0.177. The zero-order valence-electron chi connectivity index (χ0n) is 20.0. The Morgan fingerprint density at radius 1 is 1.00 bits per heavy atom. The van der Waals surface area contributed by atoms with Crippen LogP contribution >= 0.6 is 0 Å². The Bertz CT molecular complexity index is 1190. The lowest BCUT2D eigenvalue weighted by Gasteiger charge is -2.53. The van der Waals surface area contributed by atoms with Crippen molar-refractivity contribution in [3.8, 4) is 5.75 Å². The summed E-state index contributed by atoms with van der Waals surface area (Å²) in [4.78, 5) is 31.7. The third kappa shape index (κ3) is 4.34. The molecule has 3 aromatic carbocycles. The Kier molecular flexibility index (Phi) is 6.16. The number of hydrogen-bond acceptors (Lipinski definition) is 3. The number of ether oxygens (including phenoxy) is 1. The van der Waals surface area contributed by atoms with Crippen molar-refractivity contribution >= 4 is 11.8 Å². The molecule has 0 aliphatic carbocycles. The molecule has 2 heterocycles. The van der Waals surface area contributed by atoms with Gasteiger partial charge in [0.15, 0.2) is 5.72 Å². The average molecular weight is 467 g/mol. The van der Waals surface area contributed by atoms with Crippen molar-refractivity contribution in [1.82, 2.24) is 9.80 Å². The van der Waals surface area contributed by atoms with Crippen LogP contribution in [0, 0.1) is 5.92 Å². The highest BCUT2D eigenvalue weighted by molar-refractivity contribution is 6.02. The molecule has 5 heteroatoms. The van der Waals surface area contributed by atoms with Gasteiger partial charge in [-0.1, -0.05) is 84.9 Å². The highest BCUT2D eigenvalue weighted by atomic mass is 16.5. The minimum absolute atomic E-state index is 0.152. The van der Waals surface area contributed by atoms with Crippen LogP contribution < -0.4 is 4.74 Å². The quantitative estimate of drug-likeness (QED) is 0.358. The second-order valence-corrected chi connectivity index (χ2v) is 9.51. The molecule has 2 amide bonds. The SMILES string of the molecule is C=CCN1C(=O)[C@@H](C(=O)N(Cc2ccccc2)Cc2ccccc2)[C@@H]2C[C@@]1(C)Oc1ccccc12. The zero-order valence-corrected chi connectivity index (χ0v) is 20.0. The average Bonchev–Trinajstić information content (AvgIpc) is 2.87. The first-order valence-corrected chi connectivity index (χ1v) is 12.1. The van der Waals surface area contributed by atoms with Crippen LogP contribution in [-0.2, 0) is 22.7 Å². The van der Waals surface area contributed by atoms with E-state index in [0.29, 0.717) is 26.1 Å². The van der Waals surface area contributed by atoms with Gasteiger partial charge in [-0.25, -0.2) is 0 Å². The number of carbonyl (C=O) groups is 2. The molecule has 0 aromatic heterocycles. The fraction of sp³-hybridized carbons (Fsp3) is 0.267. The zero-order chi connectivity index (χ0) is 24.4. The summed E-state index contributed by atoms with van der Waals surface area (Å²) in [5.41, 5.74) is 2.17. The topological polar surface area (TPSA) is 49.9 Å². The maximum atomic E-state index is 14.3. The number of likely N-dealkylation sites (tertiary alicyclic amines) is 1. The summed E-state index contributed by atoms with van der Waals surface area (Å²) in [5.74, 6) is -0.682. The monoisotopic (exact) mass is 466 g/mol. The first-order valence-electron chi connectivity index (χ1n) is 12.1. The van der Waals surface area contributed by atoms with Crippen molar-refractivity contribution in [2.24, 2.45) is 5.92 Å². The number of hydrogen-bond donors (Lipinski definition) is 0. The van der Waals surface area contributed by atoms with Gasteiger partial charge in [0.2, 0.25) is 11.8 Å². The van der Waals surface area contributed by atoms with Crippen LogP contribution in [0.25, 0.3) is 0 Å². The summed E-state index contributed by atoms with van der Waals surface area (Å²) in [6, 6.07) is 27.6. The lowest BCUT2D eigenvalue weighted by atomic mass is 9.73. The maximum absolute atomic E-state index is 14.3. The number of fused-ring (bicyclic) bond motifs is 4. The van der Waals surface area contributed by atoms with Crippen LogP contribution in [0.15, 0.2) is 97.6 Å². The standard InChI is InChI=1S/C30H30N2O3/c1-3-18-32-29(34)27(25-19-30(32,2)35-26-17-11-10-16-24(25)26)28(33)31(20-22-12-6-4-7-13-22)21-23-14-8-5-9-15-23/h3-17,25,27H,1,18-21H2,2H3/t25-,27-,30-/m1/s1. The normalized spacial score (nSPS) is 22.7. The highest BCUT2D eigenvalue weighted by Gasteiger charge is 2.56. The van der Waals surface area contributed by atoms with Crippen LogP contribution in [0.2, 0.25) is 0 Å². The van der Waals surface area contributed by atoms with Crippen LogP contribution in [0.5, 0.6) is 5.75 Å². The summed E-state index contributed by atoms with van der Waals surface area (Å²) in [6.45, 7) is 6.97. The minimum atomic E-state index is -0.819. The van der Waals surface area contributed by atoms with E-state index in [2.05, 4.69) is 6.58 Å². The smallest absolute Gasteiger partial charge is 0.239 e. The molecule has 5 nitrogen and oxygen atoms in total. The van der Waals surface area contributed by atoms with Crippen LogP contribution in [0.3, 0.4) is 0 Å². The van der Waals surface area contributed by atoms with Gasteiger partial charge in [0.1, 0.15) is 11.7 Å². The fourth-order valence-corrected chi connectivity index (χ4v) is 5.42. The van der Waals surface area contributed by atoms with Crippen molar-refractivity contribution in [2.45, 2.75) is 38.1 Å². The number of benzene rings is 3. The summed E-state index contributed by atoms with van der Waals surface area (Å²) in [6.07, 6.45) is 2.26. The fourth-order valence-electron chi connectivity index (χ4n) is 5.42. The molecule has 2 aliphatic heterocycles. The molecule has 0 spiro atoms. The highest BCUT2D eigenvalue weighted by Crippen LogP contribution is 2.50. The molecule has 5 rings (SSSR count). The summed E-state index contributed by atoms with van der Waals surface area (Å²) < 4.78 is 6.34.